The van der Waals surface area contributed by atoms with Gasteiger partial charge in [0.15, 0.2) is 0 Å². The van der Waals surface area contributed by atoms with Crippen molar-refractivity contribution in [2.24, 2.45) is 0 Å². The van der Waals surface area contributed by atoms with E-state index in [2.05, 4.69) is 125 Å². The largest absolute Gasteiger partial charge is 0.306 e. The summed E-state index contributed by atoms with van der Waals surface area (Å²) < 4.78 is 0. The topological polar surface area (TPSA) is 37.2 Å². The summed E-state index contributed by atoms with van der Waals surface area (Å²) in [5, 5.41) is 11.8. The average molecular weight is 502 g/mol. The lowest BCUT2D eigenvalue weighted by atomic mass is 10.0. The lowest BCUT2D eigenvalue weighted by molar-refractivity contribution is 0.771. The fourth-order valence-electron chi connectivity index (χ4n) is 5.66. The molecule has 0 saturated heterocycles. The first-order valence-electron chi connectivity index (χ1n) is 13.0. The summed E-state index contributed by atoms with van der Waals surface area (Å²) in [5.74, 6) is 0. The van der Waals surface area contributed by atoms with Crippen LogP contribution in [0.2, 0.25) is 0 Å². The number of nitrogens with zero attached hydrogens (tertiary/aromatic N) is 5. The lowest BCUT2D eigenvalue weighted by Gasteiger charge is -2.40. The van der Waals surface area contributed by atoms with E-state index in [-0.39, 0.29) is 0 Å². The second-order valence-electron chi connectivity index (χ2n) is 9.61. The standard InChI is InChI=1S/C34H23N5/c1-2-12-24(13-3-1)37-31-18-8-10-20-33(31)38(34-21-11-9-19-32(34)37)29-22-23-30(26-15-5-4-14-25(26)29)39-35-27-16-6-7-17-28(27)36-39/h1-23H. The van der Waals surface area contributed by atoms with Crippen molar-refractivity contribution in [2.45, 2.75) is 0 Å². The molecule has 184 valence electrons. The highest BCUT2D eigenvalue weighted by atomic mass is 15.5. The number of hydrogen-bond acceptors (Lipinski definition) is 4. The zero-order chi connectivity index (χ0) is 25.8. The number of anilines is 6. The van der Waals surface area contributed by atoms with Gasteiger partial charge in [-0.3, -0.25) is 0 Å². The summed E-state index contributed by atoms with van der Waals surface area (Å²) >= 11 is 0. The highest BCUT2D eigenvalue weighted by Crippen LogP contribution is 2.54. The van der Waals surface area contributed by atoms with E-state index in [4.69, 9.17) is 10.2 Å². The van der Waals surface area contributed by atoms with Gasteiger partial charge in [0.1, 0.15) is 11.0 Å². The van der Waals surface area contributed by atoms with Crippen LogP contribution in [0.1, 0.15) is 0 Å². The van der Waals surface area contributed by atoms with Gasteiger partial charge in [0.2, 0.25) is 0 Å². The van der Waals surface area contributed by atoms with Crippen molar-refractivity contribution in [3.8, 4) is 5.69 Å². The maximum Gasteiger partial charge on any atom is 0.113 e. The number of rotatable bonds is 3. The first kappa shape index (κ1) is 21.6. The Kier molecular flexibility index (Phi) is 4.76. The molecule has 8 rings (SSSR count). The minimum atomic E-state index is 0.880. The minimum Gasteiger partial charge on any atom is -0.306 e. The molecule has 0 fully saturated rings. The second-order valence-corrected chi connectivity index (χ2v) is 9.61. The van der Waals surface area contributed by atoms with Crippen LogP contribution in [0.3, 0.4) is 0 Å². The molecule has 0 unspecified atom stereocenters. The molecule has 0 bridgehead atoms. The SMILES string of the molecule is c1ccc(N2c3ccccc3N(c3ccc(-n4nc5ccccc5n4)c4ccccc34)c3ccccc32)cc1. The molecule has 5 heteroatoms. The van der Waals surface area contributed by atoms with Gasteiger partial charge in [-0.1, -0.05) is 78.9 Å². The molecule has 2 heterocycles. The second kappa shape index (κ2) is 8.57. The molecule has 0 spiro atoms. The average Bonchev–Trinajstić information content (AvgIpc) is 3.44. The van der Waals surface area contributed by atoms with Gasteiger partial charge in [-0.05, 0) is 60.7 Å². The highest BCUT2D eigenvalue weighted by molar-refractivity contribution is 6.08. The van der Waals surface area contributed by atoms with E-state index in [9.17, 15) is 0 Å². The van der Waals surface area contributed by atoms with E-state index >= 15 is 0 Å². The highest BCUT2D eigenvalue weighted by Gasteiger charge is 2.31. The summed E-state index contributed by atoms with van der Waals surface area (Å²) in [6.45, 7) is 0. The molecule has 0 aliphatic carbocycles. The van der Waals surface area contributed by atoms with Gasteiger partial charge in [-0.15, -0.1) is 15.0 Å². The third-order valence-corrected chi connectivity index (χ3v) is 7.36. The maximum atomic E-state index is 4.78. The van der Waals surface area contributed by atoms with Crippen molar-refractivity contribution in [1.82, 2.24) is 15.0 Å². The van der Waals surface area contributed by atoms with Crippen LogP contribution in [-0.4, -0.2) is 15.0 Å². The fourth-order valence-corrected chi connectivity index (χ4v) is 5.66. The Morgan fingerprint density at radius 1 is 0.333 bits per heavy atom. The number of fused-ring (bicyclic) bond motifs is 4. The molecular formula is C34H23N5. The van der Waals surface area contributed by atoms with Crippen molar-refractivity contribution >= 4 is 55.9 Å². The number of hydrogen-bond donors (Lipinski definition) is 0. The van der Waals surface area contributed by atoms with Gasteiger partial charge >= 0.3 is 0 Å². The van der Waals surface area contributed by atoms with E-state index in [1.165, 1.54) is 0 Å². The molecule has 0 amide bonds. The predicted octanol–water partition coefficient (Wildman–Crippen LogP) is 8.83. The van der Waals surface area contributed by atoms with Crippen molar-refractivity contribution in [1.29, 1.82) is 0 Å². The van der Waals surface area contributed by atoms with Crippen LogP contribution in [0.4, 0.5) is 34.1 Å². The van der Waals surface area contributed by atoms with Crippen LogP contribution in [0.25, 0.3) is 27.5 Å². The van der Waals surface area contributed by atoms with Crippen molar-refractivity contribution < 1.29 is 0 Å². The summed E-state index contributed by atoms with van der Waals surface area (Å²) in [6, 6.07) is 48.6. The van der Waals surface area contributed by atoms with Crippen LogP contribution in [-0.2, 0) is 0 Å². The van der Waals surface area contributed by atoms with E-state index < -0.39 is 0 Å². The first-order chi connectivity index (χ1) is 19.4. The zero-order valence-electron chi connectivity index (χ0n) is 21.0. The Morgan fingerprint density at radius 3 is 1.36 bits per heavy atom. The Hall–Kier alpha value is -5.42. The smallest absolute Gasteiger partial charge is 0.113 e. The Balaban J connectivity index is 1.37. The number of benzene rings is 6. The van der Waals surface area contributed by atoms with Crippen molar-refractivity contribution in [3.63, 3.8) is 0 Å². The maximum absolute atomic E-state index is 4.78. The summed E-state index contributed by atoms with van der Waals surface area (Å²) in [4.78, 5) is 6.48. The summed E-state index contributed by atoms with van der Waals surface area (Å²) in [5.41, 5.74) is 9.48. The third-order valence-electron chi connectivity index (χ3n) is 7.36. The Bertz CT molecular complexity index is 1910. The van der Waals surface area contributed by atoms with Crippen LogP contribution < -0.4 is 9.80 Å². The molecule has 0 atom stereocenters. The van der Waals surface area contributed by atoms with E-state index in [1.54, 1.807) is 4.80 Å². The number of para-hydroxylation sites is 5. The van der Waals surface area contributed by atoms with Gasteiger partial charge in [0.05, 0.1) is 34.1 Å². The molecule has 1 aromatic heterocycles. The lowest BCUT2D eigenvalue weighted by Crippen LogP contribution is -2.24. The van der Waals surface area contributed by atoms with Crippen molar-refractivity contribution in [3.05, 3.63) is 140 Å². The molecule has 0 saturated carbocycles. The minimum absolute atomic E-state index is 0.880. The van der Waals surface area contributed by atoms with E-state index in [0.29, 0.717) is 0 Å². The first-order valence-corrected chi connectivity index (χ1v) is 13.0. The predicted molar refractivity (Wildman–Crippen MR) is 159 cm³/mol. The molecule has 6 aromatic carbocycles. The normalized spacial score (nSPS) is 12.5. The van der Waals surface area contributed by atoms with Crippen molar-refractivity contribution in [2.75, 3.05) is 9.80 Å². The van der Waals surface area contributed by atoms with Gasteiger partial charge < -0.3 is 9.80 Å². The molecule has 5 nitrogen and oxygen atoms in total. The monoisotopic (exact) mass is 501 g/mol. The van der Waals surface area contributed by atoms with Crippen LogP contribution >= 0.6 is 0 Å². The molecular weight excluding hydrogens is 478 g/mol. The van der Waals surface area contributed by atoms with Gasteiger partial charge in [0.25, 0.3) is 0 Å². The molecule has 0 N–H and O–H groups in total. The van der Waals surface area contributed by atoms with Crippen LogP contribution in [0.15, 0.2) is 140 Å². The van der Waals surface area contributed by atoms with Gasteiger partial charge in [-0.25, -0.2) is 0 Å². The molecule has 7 aromatic rings. The number of aromatic nitrogens is 3. The summed E-state index contributed by atoms with van der Waals surface area (Å²) in [7, 11) is 0. The van der Waals surface area contributed by atoms with Gasteiger partial charge in [-0.2, -0.15) is 0 Å². The third kappa shape index (κ3) is 3.33. The van der Waals surface area contributed by atoms with Gasteiger partial charge in [0, 0.05) is 16.5 Å². The summed E-state index contributed by atoms with van der Waals surface area (Å²) in [6.07, 6.45) is 0. The zero-order valence-corrected chi connectivity index (χ0v) is 21.0. The Morgan fingerprint density at radius 2 is 0.769 bits per heavy atom. The van der Waals surface area contributed by atoms with E-state index in [1.807, 2.05) is 24.3 Å². The molecule has 1 aliphatic heterocycles. The molecule has 1 aliphatic rings. The van der Waals surface area contributed by atoms with E-state index in [0.717, 1.165) is 61.6 Å². The fraction of sp³-hybridized carbons (Fsp3) is 0. The Labute approximate surface area is 225 Å². The van der Waals surface area contributed by atoms with Crippen LogP contribution in [0.5, 0.6) is 0 Å². The molecule has 0 radical (unpaired) electrons. The van der Waals surface area contributed by atoms with Crippen LogP contribution in [0, 0.1) is 0 Å². The quantitative estimate of drug-likeness (QED) is 0.242. The molecule has 39 heavy (non-hydrogen) atoms.